The molecule has 1 aliphatic heterocycles. The van der Waals surface area contributed by atoms with Crippen molar-refractivity contribution >= 4 is 22.6 Å². The molecule has 1 fully saturated rings. The molecule has 0 atom stereocenters. The zero-order chi connectivity index (χ0) is 20.4. The maximum absolute atomic E-state index is 13.5. The lowest BCUT2D eigenvalue weighted by molar-refractivity contribution is 0.0747. The number of hydrogen-bond acceptors (Lipinski definition) is 6. The summed E-state index contributed by atoms with van der Waals surface area (Å²) in [6.45, 7) is 6.80. The van der Waals surface area contributed by atoms with Crippen molar-refractivity contribution in [3.05, 3.63) is 53.5 Å². The topological polar surface area (TPSA) is 71.5 Å². The summed E-state index contributed by atoms with van der Waals surface area (Å²) in [6, 6.07) is 9.72. The van der Waals surface area contributed by atoms with E-state index in [1.165, 1.54) is 6.33 Å². The molecule has 0 bridgehead atoms. The smallest absolute Gasteiger partial charge is 0.255 e. The predicted molar refractivity (Wildman–Crippen MR) is 113 cm³/mol. The Bertz CT molecular complexity index is 1040. The molecule has 0 spiro atoms. The van der Waals surface area contributed by atoms with E-state index in [2.05, 4.69) is 21.8 Å². The fourth-order valence-corrected chi connectivity index (χ4v) is 3.89. The second-order valence-corrected chi connectivity index (χ2v) is 7.13. The van der Waals surface area contributed by atoms with Gasteiger partial charge in [0, 0.05) is 43.3 Å². The van der Waals surface area contributed by atoms with Gasteiger partial charge in [0.2, 0.25) is 5.88 Å². The summed E-state index contributed by atoms with van der Waals surface area (Å²) in [6.07, 6.45) is 2.31. The third-order valence-corrected chi connectivity index (χ3v) is 5.51. The number of methoxy groups -OCH3 is 1. The van der Waals surface area contributed by atoms with Gasteiger partial charge in [0.05, 0.1) is 18.2 Å². The lowest BCUT2D eigenvalue weighted by Crippen LogP contribution is -2.49. The van der Waals surface area contributed by atoms with Crippen LogP contribution in [0.5, 0.6) is 5.88 Å². The molecule has 150 valence electrons. The molecule has 0 aliphatic carbocycles. The first kappa shape index (κ1) is 19.1. The van der Waals surface area contributed by atoms with Gasteiger partial charge in [-0.25, -0.2) is 9.97 Å². The van der Waals surface area contributed by atoms with E-state index in [1.54, 1.807) is 7.11 Å². The highest BCUT2D eigenvalue weighted by molar-refractivity contribution is 6.07. The van der Waals surface area contributed by atoms with Crippen LogP contribution in [0, 0.1) is 6.92 Å². The SMILES string of the molecule is CCc1nc2ccccc2c(C(=O)N2CCN(c3cc(OC)ncn3)CC2)c1C. The number of anilines is 1. The predicted octanol–water partition coefficient (Wildman–Crippen LogP) is 2.87. The van der Waals surface area contributed by atoms with Crippen LogP contribution >= 0.6 is 0 Å². The molecule has 3 aromatic rings. The highest BCUT2D eigenvalue weighted by Gasteiger charge is 2.26. The van der Waals surface area contributed by atoms with E-state index in [9.17, 15) is 4.79 Å². The standard InChI is InChI=1S/C22H25N5O2/c1-4-17-15(2)21(16-7-5-6-8-18(16)25-17)22(28)27-11-9-26(10-12-27)19-13-20(29-3)24-14-23-19/h5-8,13-14H,4,9-12H2,1-3H3. The van der Waals surface area contributed by atoms with Crippen molar-refractivity contribution in [2.45, 2.75) is 20.3 Å². The molecule has 1 saturated heterocycles. The molecule has 3 heterocycles. The van der Waals surface area contributed by atoms with Gasteiger partial charge in [0.1, 0.15) is 12.1 Å². The van der Waals surface area contributed by atoms with Gasteiger partial charge in [-0.1, -0.05) is 25.1 Å². The number of carbonyl (C=O) groups is 1. The van der Waals surface area contributed by atoms with Crippen molar-refractivity contribution in [2.75, 3.05) is 38.2 Å². The summed E-state index contributed by atoms with van der Waals surface area (Å²) in [7, 11) is 1.59. The quantitative estimate of drug-likeness (QED) is 0.681. The molecule has 1 aromatic carbocycles. The van der Waals surface area contributed by atoms with Gasteiger partial charge < -0.3 is 14.5 Å². The molecule has 0 N–H and O–H groups in total. The first-order valence-corrected chi connectivity index (χ1v) is 9.90. The van der Waals surface area contributed by atoms with Gasteiger partial charge in [-0.05, 0) is 25.0 Å². The van der Waals surface area contributed by atoms with E-state index in [0.717, 1.165) is 40.0 Å². The summed E-state index contributed by atoms with van der Waals surface area (Å²) in [4.78, 5) is 30.7. The Hall–Kier alpha value is -3.22. The summed E-state index contributed by atoms with van der Waals surface area (Å²) in [5.41, 5.74) is 3.63. The van der Waals surface area contributed by atoms with Crippen LogP contribution in [0.15, 0.2) is 36.7 Å². The second-order valence-electron chi connectivity index (χ2n) is 7.13. The Labute approximate surface area is 170 Å². The number of rotatable bonds is 4. The van der Waals surface area contributed by atoms with Crippen LogP contribution in [-0.2, 0) is 6.42 Å². The second kappa shape index (κ2) is 8.03. The average Bonchev–Trinajstić information content (AvgIpc) is 2.78. The summed E-state index contributed by atoms with van der Waals surface area (Å²) in [5, 5.41) is 0.926. The van der Waals surface area contributed by atoms with Crippen LogP contribution in [0.2, 0.25) is 0 Å². The molecule has 1 amide bonds. The Kier molecular flexibility index (Phi) is 5.29. The third-order valence-electron chi connectivity index (χ3n) is 5.51. The Balaban J connectivity index is 1.58. The minimum atomic E-state index is 0.0794. The van der Waals surface area contributed by atoms with Gasteiger partial charge >= 0.3 is 0 Å². The van der Waals surface area contributed by atoms with Crippen molar-refractivity contribution in [1.29, 1.82) is 0 Å². The lowest BCUT2D eigenvalue weighted by atomic mass is 9.99. The number of benzene rings is 1. The lowest BCUT2D eigenvalue weighted by Gasteiger charge is -2.35. The fraction of sp³-hybridized carbons (Fsp3) is 0.364. The summed E-state index contributed by atoms with van der Waals surface area (Å²) >= 11 is 0. The zero-order valence-electron chi connectivity index (χ0n) is 17.1. The number of aromatic nitrogens is 3. The van der Waals surface area contributed by atoms with Gasteiger partial charge in [0.15, 0.2) is 0 Å². The minimum Gasteiger partial charge on any atom is -0.481 e. The van der Waals surface area contributed by atoms with Crippen LogP contribution in [-0.4, -0.2) is 59.0 Å². The largest absolute Gasteiger partial charge is 0.481 e. The third kappa shape index (κ3) is 3.60. The van der Waals surface area contributed by atoms with Crippen LogP contribution in [0.1, 0.15) is 28.5 Å². The normalized spacial score (nSPS) is 14.3. The van der Waals surface area contributed by atoms with E-state index >= 15 is 0 Å². The van der Waals surface area contributed by atoms with Crippen LogP contribution in [0.25, 0.3) is 10.9 Å². The number of pyridine rings is 1. The summed E-state index contributed by atoms with van der Waals surface area (Å²) < 4.78 is 5.19. The Morgan fingerprint density at radius 2 is 1.90 bits per heavy atom. The van der Waals surface area contributed by atoms with E-state index in [0.29, 0.717) is 32.1 Å². The molecule has 1 aliphatic rings. The average molecular weight is 391 g/mol. The highest BCUT2D eigenvalue weighted by Crippen LogP contribution is 2.26. The molecular formula is C22H25N5O2. The van der Waals surface area contributed by atoms with Gasteiger partial charge in [-0.3, -0.25) is 9.78 Å². The number of ether oxygens (including phenoxy) is 1. The Morgan fingerprint density at radius 3 is 2.62 bits per heavy atom. The number of nitrogens with zero attached hydrogens (tertiary/aromatic N) is 5. The van der Waals surface area contributed by atoms with E-state index in [1.807, 2.05) is 42.2 Å². The number of aryl methyl sites for hydroxylation is 1. The van der Waals surface area contributed by atoms with Crippen LogP contribution < -0.4 is 9.64 Å². The molecule has 7 heteroatoms. The molecule has 0 unspecified atom stereocenters. The van der Waals surface area contributed by atoms with Crippen molar-refractivity contribution in [1.82, 2.24) is 19.9 Å². The first-order valence-electron chi connectivity index (χ1n) is 9.90. The van der Waals surface area contributed by atoms with Crippen molar-refractivity contribution in [3.8, 4) is 5.88 Å². The molecule has 0 saturated carbocycles. The monoisotopic (exact) mass is 391 g/mol. The maximum atomic E-state index is 13.5. The van der Waals surface area contributed by atoms with Crippen LogP contribution in [0.4, 0.5) is 5.82 Å². The number of piperazine rings is 1. The van der Waals surface area contributed by atoms with Crippen molar-refractivity contribution in [3.63, 3.8) is 0 Å². The number of amides is 1. The van der Waals surface area contributed by atoms with Crippen molar-refractivity contribution in [2.24, 2.45) is 0 Å². The number of carbonyl (C=O) groups excluding carboxylic acids is 1. The molecule has 29 heavy (non-hydrogen) atoms. The van der Waals surface area contributed by atoms with Crippen LogP contribution in [0.3, 0.4) is 0 Å². The number of hydrogen-bond donors (Lipinski definition) is 0. The summed E-state index contributed by atoms with van der Waals surface area (Å²) in [5.74, 6) is 1.44. The molecular weight excluding hydrogens is 366 g/mol. The number of para-hydroxylation sites is 1. The minimum absolute atomic E-state index is 0.0794. The van der Waals surface area contributed by atoms with E-state index in [4.69, 9.17) is 9.72 Å². The first-order chi connectivity index (χ1) is 14.1. The van der Waals surface area contributed by atoms with Gasteiger partial charge in [-0.2, -0.15) is 0 Å². The molecule has 4 rings (SSSR count). The van der Waals surface area contributed by atoms with Gasteiger partial charge in [-0.15, -0.1) is 0 Å². The molecule has 2 aromatic heterocycles. The van der Waals surface area contributed by atoms with E-state index < -0.39 is 0 Å². The zero-order valence-corrected chi connectivity index (χ0v) is 17.1. The fourth-order valence-electron chi connectivity index (χ4n) is 3.89. The Morgan fingerprint density at radius 1 is 1.14 bits per heavy atom. The van der Waals surface area contributed by atoms with Crippen molar-refractivity contribution < 1.29 is 9.53 Å². The van der Waals surface area contributed by atoms with E-state index in [-0.39, 0.29) is 5.91 Å². The van der Waals surface area contributed by atoms with Gasteiger partial charge in [0.25, 0.3) is 5.91 Å². The highest BCUT2D eigenvalue weighted by atomic mass is 16.5. The maximum Gasteiger partial charge on any atom is 0.255 e. The molecule has 0 radical (unpaired) electrons. The molecule has 7 nitrogen and oxygen atoms in total. The number of fused-ring (bicyclic) bond motifs is 1.